The van der Waals surface area contributed by atoms with Crippen LogP contribution in [-0.4, -0.2) is 18.4 Å². The molecule has 20 heavy (non-hydrogen) atoms. The van der Waals surface area contributed by atoms with Crippen LogP contribution < -0.4 is 15.2 Å². The zero-order valence-corrected chi connectivity index (χ0v) is 12.1. The molecule has 2 aromatic rings. The molecule has 0 amide bonds. The normalized spacial score (nSPS) is 10.6. The van der Waals surface area contributed by atoms with E-state index < -0.39 is 0 Å². The van der Waals surface area contributed by atoms with Gasteiger partial charge in [0, 0.05) is 17.7 Å². The molecule has 0 saturated heterocycles. The second-order valence-corrected chi connectivity index (χ2v) is 4.30. The van der Waals surface area contributed by atoms with Gasteiger partial charge in [-0.1, -0.05) is 5.16 Å². The molecule has 0 spiro atoms. The second-order valence-electron chi connectivity index (χ2n) is 4.30. The van der Waals surface area contributed by atoms with Crippen molar-refractivity contribution in [3.63, 3.8) is 0 Å². The third-order valence-corrected chi connectivity index (χ3v) is 3.01. The molecule has 1 aromatic heterocycles. The third-order valence-electron chi connectivity index (χ3n) is 3.01. The lowest BCUT2D eigenvalue weighted by atomic mass is 10.1. The van der Waals surface area contributed by atoms with Crippen molar-refractivity contribution in [2.75, 3.05) is 13.2 Å². The van der Waals surface area contributed by atoms with Crippen LogP contribution in [0.3, 0.4) is 0 Å². The number of rotatable bonds is 6. The largest absolute Gasteiger partial charge is 0.490 e. The molecule has 0 bridgehead atoms. The molecule has 1 heterocycles. The van der Waals surface area contributed by atoms with E-state index in [1.807, 2.05) is 39.0 Å². The Balaban J connectivity index is 2.44. The number of nitrogens with zero attached hydrogens (tertiary/aromatic N) is 1. The predicted molar refractivity (Wildman–Crippen MR) is 76.9 cm³/mol. The number of aromatic nitrogens is 1. The van der Waals surface area contributed by atoms with E-state index >= 15 is 0 Å². The highest BCUT2D eigenvalue weighted by Gasteiger charge is 2.15. The topological polar surface area (TPSA) is 70.5 Å². The van der Waals surface area contributed by atoms with Gasteiger partial charge in [0.05, 0.1) is 13.2 Å². The lowest BCUT2D eigenvalue weighted by molar-refractivity contribution is 0.288. The standard InChI is InChI=1S/C15H20N2O3/c1-4-18-13-7-6-11(8-14(13)19-5-2)15-12(9-16)10(3)20-17-15/h6-8H,4-5,9,16H2,1-3H3. The highest BCUT2D eigenvalue weighted by Crippen LogP contribution is 2.34. The Hall–Kier alpha value is -2.01. The van der Waals surface area contributed by atoms with Crippen LogP contribution in [0.5, 0.6) is 11.5 Å². The van der Waals surface area contributed by atoms with Gasteiger partial charge >= 0.3 is 0 Å². The molecule has 5 heteroatoms. The van der Waals surface area contributed by atoms with Crippen LogP contribution >= 0.6 is 0 Å². The summed E-state index contributed by atoms with van der Waals surface area (Å²) in [6.45, 7) is 7.30. The van der Waals surface area contributed by atoms with Gasteiger partial charge in [0.1, 0.15) is 11.5 Å². The minimum atomic E-state index is 0.391. The zero-order valence-electron chi connectivity index (χ0n) is 12.1. The first-order chi connectivity index (χ1) is 9.71. The molecule has 0 aliphatic rings. The Morgan fingerprint density at radius 2 is 1.85 bits per heavy atom. The Morgan fingerprint density at radius 3 is 2.50 bits per heavy atom. The van der Waals surface area contributed by atoms with Crippen LogP contribution in [0.25, 0.3) is 11.3 Å². The van der Waals surface area contributed by atoms with E-state index in [1.54, 1.807) is 0 Å². The predicted octanol–water partition coefficient (Wildman–Crippen LogP) is 2.91. The SMILES string of the molecule is CCOc1ccc(-c2noc(C)c2CN)cc1OCC. The summed E-state index contributed by atoms with van der Waals surface area (Å²) >= 11 is 0. The van der Waals surface area contributed by atoms with E-state index in [9.17, 15) is 0 Å². The molecule has 0 fully saturated rings. The molecule has 1 aromatic carbocycles. The van der Waals surface area contributed by atoms with Crippen LogP contribution in [-0.2, 0) is 6.54 Å². The van der Waals surface area contributed by atoms with Crippen LogP contribution in [0.2, 0.25) is 0 Å². The Labute approximate surface area is 118 Å². The molecule has 0 radical (unpaired) electrons. The highest BCUT2D eigenvalue weighted by molar-refractivity contribution is 5.67. The van der Waals surface area contributed by atoms with Crippen molar-refractivity contribution in [2.45, 2.75) is 27.3 Å². The van der Waals surface area contributed by atoms with Gasteiger partial charge in [0.2, 0.25) is 0 Å². The van der Waals surface area contributed by atoms with Crippen LogP contribution in [0.15, 0.2) is 22.7 Å². The van der Waals surface area contributed by atoms with E-state index in [1.165, 1.54) is 0 Å². The summed E-state index contributed by atoms with van der Waals surface area (Å²) in [5.41, 5.74) is 8.33. The highest BCUT2D eigenvalue weighted by atomic mass is 16.5. The van der Waals surface area contributed by atoms with Crippen molar-refractivity contribution < 1.29 is 14.0 Å². The number of aryl methyl sites for hydroxylation is 1. The van der Waals surface area contributed by atoms with E-state index in [0.29, 0.717) is 25.5 Å². The minimum Gasteiger partial charge on any atom is -0.490 e. The molecular formula is C15H20N2O3. The van der Waals surface area contributed by atoms with Gasteiger partial charge in [-0.25, -0.2) is 0 Å². The Kier molecular flexibility index (Phi) is 4.63. The summed E-state index contributed by atoms with van der Waals surface area (Å²) in [5, 5.41) is 4.08. The molecular weight excluding hydrogens is 256 g/mol. The Morgan fingerprint density at radius 1 is 1.15 bits per heavy atom. The van der Waals surface area contributed by atoms with Gasteiger partial charge in [-0.15, -0.1) is 0 Å². The van der Waals surface area contributed by atoms with Gasteiger partial charge in [-0.2, -0.15) is 0 Å². The fourth-order valence-corrected chi connectivity index (χ4v) is 2.06. The number of hydrogen-bond acceptors (Lipinski definition) is 5. The van der Waals surface area contributed by atoms with Crippen LogP contribution in [0.1, 0.15) is 25.2 Å². The Bertz CT molecular complexity index is 578. The minimum absolute atomic E-state index is 0.391. The van der Waals surface area contributed by atoms with Crippen molar-refractivity contribution in [1.29, 1.82) is 0 Å². The van der Waals surface area contributed by atoms with Crippen molar-refractivity contribution in [3.05, 3.63) is 29.5 Å². The maximum absolute atomic E-state index is 5.75. The summed E-state index contributed by atoms with van der Waals surface area (Å²) in [6, 6.07) is 5.73. The number of ether oxygens (including phenoxy) is 2. The first-order valence-electron chi connectivity index (χ1n) is 6.76. The molecule has 0 aliphatic carbocycles. The second kappa shape index (κ2) is 6.43. The van der Waals surface area contributed by atoms with E-state index in [4.69, 9.17) is 19.7 Å². The lowest BCUT2D eigenvalue weighted by Gasteiger charge is -2.12. The molecule has 0 saturated carbocycles. The lowest BCUT2D eigenvalue weighted by Crippen LogP contribution is -2.00. The number of nitrogens with two attached hydrogens (primary N) is 1. The average molecular weight is 276 g/mol. The van der Waals surface area contributed by atoms with Gasteiger partial charge < -0.3 is 19.7 Å². The first-order valence-corrected chi connectivity index (χ1v) is 6.76. The monoisotopic (exact) mass is 276 g/mol. The van der Waals surface area contributed by atoms with E-state index in [-0.39, 0.29) is 0 Å². The maximum Gasteiger partial charge on any atom is 0.161 e. The molecule has 0 unspecified atom stereocenters. The maximum atomic E-state index is 5.75. The van der Waals surface area contributed by atoms with Crippen molar-refractivity contribution in [1.82, 2.24) is 5.16 Å². The van der Waals surface area contributed by atoms with Crippen molar-refractivity contribution >= 4 is 0 Å². The van der Waals surface area contributed by atoms with E-state index in [2.05, 4.69) is 5.16 Å². The van der Waals surface area contributed by atoms with Gasteiger partial charge in [0.15, 0.2) is 11.5 Å². The molecule has 108 valence electrons. The molecule has 2 rings (SSSR count). The summed E-state index contributed by atoms with van der Waals surface area (Å²) in [5.74, 6) is 2.18. The summed E-state index contributed by atoms with van der Waals surface area (Å²) < 4.78 is 16.4. The fourth-order valence-electron chi connectivity index (χ4n) is 2.06. The molecule has 0 atom stereocenters. The first kappa shape index (κ1) is 14.4. The summed E-state index contributed by atoms with van der Waals surface area (Å²) in [4.78, 5) is 0. The van der Waals surface area contributed by atoms with Gasteiger partial charge in [-0.05, 0) is 39.0 Å². The van der Waals surface area contributed by atoms with Crippen LogP contribution in [0, 0.1) is 6.92 Å². The van der Waals surface area contributed by atoms with E-state index in [0.717, 1.165) is 28.3 Å². The average Bonchev–Trinajstić information content (AvgIpc) is 2.82. The van der Waals surface area contributed by atoms with Crippen molar-refractivity contribution in [3.8, 4) is 22.8 Å². The molecule has 2 N–H and O–H groups in total. The summed E-state index contributed by atoms with van der Waals surface area (Å²) in [6.07, 6.45) is 0. The molecule has 5 nitrogen and oxygen atoms in total. The molecule has 0 aliphatic heterocycles. The number of benzene rings is 1. The zero-order chi connectivity index (χ0) is 14.5. The quantitative estimate of drug-likeness (QED) is 0.878. The number of hydrogen-bond donors (Lipinski definition) is 1. The van der Waals surface area contributed by atoms with Crippen molar-refractivity contribution in [2.24, 2.45) is 5.73 Å². The van der Waals surface area contributed by atoms with Gasteiger partial charge in [-0.3, -0.25) is 0 Å². The van der Waals surface area contributed by atoms with Crippen LogP contribution in [0.4, 0.5) is 0 Å². The third kappa shape index (κ3) is 2.77. The smallest absolute Gasteiger partial charge is 0.161 e. The summed E-state index contributed by atoms with van der Waals surface area (Å²) in [7, 11) is 0. The van der Waals surface area contributed by atoms with Gasteiger partial charge in [0.25, 0.3) is 0 Å². The fraction of sp³-hybridized carbons (Fsp3) is 0.400.